The Hall–Kier alpha value is -1.23. The van der Waals surface area contributed by atoms with Crippen molar-refractivity contribution in [2.45, 2.75) is 33.1 Å². The van der Waals surface area contributed by atoms with E-state index in [1.165, 1.54) is 4.90 Å². The van der Waals surface area contributed by atoms with Crippen LogP contribution in [0.2, 0.25) is 0 Å². The molecule has 0 spiro atoms. The molecule has 0 saturated carbocycles. The van der Waals surface area contributed by atoms with Crippen molar-refractivity contribution in [3.05, 3.63) is 12.7 Å². The highest BCUT2D eigenvalue weighted by Gasteiger charge is 2.54. The molecule has 1 saturated heterocycles. The molecule has 1 aliphatic heterocycles. The van der Waals surface area contributed by atoms with Crippen LogP contribution in [0.5, 0.6) is 0 Å². The fourth-order valence-corrected chi connectivity index (χ4v) is 2.88. The standard InChI is InChI=1S/C13H20N2O2S/c1-5-8-13(9(6-2)7-3)10(16)14-12(18)15(4)11(13)17/h5,9H,1,6-8H2,2-4H3,(H,14,16,18). The Balaban J connectivity index is 3.30. The van der Waals surface area contributed by atoms with Crippen molar-refractivity contribution < 1.29 is 9.59 Å². The van der Waals surface area contributed by atoms with Crippen LogP contribution in [0.1, 0.15) is 33.1 Å². The number of carbonyl (C=O) groups is 2. The maximum atomic E-state index is 12.5. The molecule has 0 aromatic heterocycles. The number of amides is 2. The molecule has 1 fully saturated rings. The topological polar surface area (TPSA) is 49.4 Å². The first-order chi connectivity index (χ1) is 8.45. The third kappa shape index (κ3) is 2.07. The van der Waals surface area contributed by atoms with Crippen LogP contribution in [-0.2, 0) is 9.59 Å². The Morgan fingerprint density at radius 1 is 1.44 bits per heavy atom. The quantitative estimate of drug-likeness (QED) is 0.470. The van der Waals surface area contributed by atoms with Gasteiger partial charge in [0.25, 0.3) is 0 Å². The summed E-state index contributed by atoms with van der Waals surface area (Å²) in [6.07, 6.45) is 3.52. The summed E-state index contributed by atoms with van der Waals surface area (Å²) in [4.78, 5) is 26.2. The van der Waals surface area contributed by atoms with Crippen LogP contribution in [0.25, 0.3) is 0 Å². The van der Waals surface area contributed by atoms with Gasteiger partial charge in [0, 0.05) is 7.05 Å². The third-order valence-corrected chi connectivity index (χ3v) is 4.14. The van der Waals surface area contributed by atoms with E-state index in [1.54, 1.807) is 13.1 Å². The molecule has 1 aliphatic rings. The first-order valence-electron chi connectivity index (χ1n) is 6.20. The van der Waals surface area contributed by atoms with E-state index in [1.807, 2.05) is 13.8 Å². The number of hydrogen-bond acceptors (Lipinski definition) is 3. The van der Waals surface area contributed by atoms with Crippen LogP contribution >= 0.6 is 12.2 Å². The summed E-state index contributed by atoms with van der Waals surface area (Å²) in [6.45, 7) is 7.67. The molecule has 0 radical (unpaired) electrons. The molecule has 1 rings (SSSR count). The van der Waals surface area contributed by atoms with Gasteiger partial charge in [-0.05, 0) is 24.6 Å². The van der Waals surface area contributed by atoms with E-state index in [2.05, 4.69) is 11.9 Å². The predicted octanol–water partition coefficient (Wildman–Crippen LogP) is 1.86. The summed E-state index contributed by atoms with van der Waals surface area (Å²) >= 11 is 4.98. The largest absolute Gasteiger partial charge is 0.302 e. The second-order valence-corrected chi connectivity index (χ2v) is 4.99. The Morgan fingerprint density at radius 3 is 2.44 bits per heavy atom. The van der Waals surface area contributed by atoms with E-state index in [9.17, 15) is 9.59 Å². The van der Waals surface area contributed by atoms with Gasteiger partial charge in [0.1, 0.15) is 5.41 Å². The second-order valence-electron chi connectivity index (χ2n) is 4.60. The summed E-state index contributed by atoms with van der Waals surface area (Å²) in [6, 6.07) is 0. The molecule has 0 aromatic rings. The summed E-state index contributed by atoms with van der Waals surface area (Å²) in [5.41, 5.74) is -1.05. The molecule has 1 atom stereocenters. The zero-order chi connectivity index (χ0) is 13.9. The van der Waals surface area contributed by atoms with Gasteiger partial charge in [0.05, 0.1) is 0 Å². The van der Waals surface area contributed by atoms with Crippen molar-refractivity contribution in [2.75, 3.05) is 7.05 Å². The fraction of sp³-hybridized carbons (Fsp3) is 0.615. The molecule has 100 valence electrons. The van der Waals surface area contributed by atoms with Crippen LogP contribution in [0.15, 0.2) is 12.7 Å². The molecular weight excluding hydrogens is 248 g/mol. The van der Waals surface area contributed by atoms with E-state index in [-0.39, 0.29) is 22.8 Å². The minimum absolute atomic E-state index is 0.00597. The maximum absolute atomic E-state index is 12.5. The van der Waals surface area contributed by atoms with Crippen LogP contribution in [0.4, 0.5) is 0 Å². The minimum Gasteiger partial charge on any atom is -0.302 e. The number of allylic oxidation sites excluding steroid dienone is 1. The Bertz CT molecular complexity index is 390. The highest BCUT2D eigenvalue weighted by Crippen LogP contribution is 2.40. The summed E-state index contributed by atoms with van der Waals surface area (Å²) < 4.78 is 0. The van der Waals surface area contributed by atoms with Crippen LogP contribution in [0.3, 0.4) is 0 Å². The number of thiocarbonyl (C=S) groups is 1. The van der Waals surface area contributed by atoms with Crippen molar-refractivity contribution in [2.24, 2.45) is 11.3 Å². The fourth-order valence-electron chi connectivity index (χ4n) is 2.70. The molecule has 0 aliphatic carbocycles. The molecular formula is C13H20N2O2S. The third-order valence-electron chi connectivity index (χ3n) is 3.77. The summed E-state index contributed by atoms with van der Waals surface area (Å²) in [5.74, 6) is -0.511. The van der Waals surface area contributed by atoms with E-state index >= 15 is 0 Å². The lowest BCUT2D eigenvalue weighted by Crippen LogP contribution is -2.64. The lowest BCUT2D eigenvalue weighted by Gasteiger charge is -2.43. The summed E-state index contributed by atoms with van der Waals surface area (Å²) in [5, 5.41) is 2.81. The van der Waals surface area contributed by atoms with Crippen molar-refractivity contribution in [3.8, 4) is 0 Å². The van der Waals surface area contributed by atoms with Gasteiger partial charge in [-0.3, -0.25) is 14.5 Å². The Kier molecular flexibility index (Phi) is 4.62. The number of rotatable bonds is 5. The molecule has 2 amide bonds. The highest BCUT2D eigenvalue weighted by molar-refractivity contribution is 7.80. The lowest BCUT2D eigenvalue weighted by molar-refractivity contribution is -0.153. The Labute approximate surface area is 113 Å². The molecule has 1 heterocycles. The monoisotopic (exact) mass is 268 g/mol. The zero-order valence-electron chi connectivity index (χ0n) is 11.2. The van der Waals surface area contributed by atoms with E-state index in [0.717, 1.165) is 12.8 Å². The van der Waals surface area contributed by atoms with Crippen LogP contribution < -0.4 is 5.32 Å². The van der Waals surface area contributed by atoms with Gasteiger partial charge in [-0.2, -0.15) is 0 Å². The number of nitrogens with one attached hydrogen (secondary N) is 1. The van der Waals surface area contributed by atoms with Gasteiger partial charge in [-0.1, -0.05) is 32.8 Å². The van der Waals surface area contributed by atoms with Crippen molar-refractivity contribution in [1.82, 2.24) is 10.2 Å². The van der Waals surface area contributed by atoms with Crippen LogP contribution in [-0.4, -0.2) is 28.9 Å². The molecule has 5 heteroatoms. The van der Waals surface area contributed by atoms with Gasteiger partial charge in [0.2, 0.25) is 11.8 Å². The van der Waals surface area contributed by atoms with Gasteiger partial charge in [0.15, 0.2) is 5.11 Å². The van der Waals surface area contributed by atoms with Gasteiger partial charge < -0.3 is 5.32 Å². The van der Waals surface area contributed by atoms with Crippen molar-refractivity contribution in [1.29, 1.82) is 0 Å². The second kappa shape index (κ2) is 5.61. The normalized spacial score (nSPS) is 24.4. The van der Waals surface area contributed by atoms with Crippen LogP contribution in [0, 0.1) is 11.3 Å². The van der Waals surface area contributed by atoms with Gasteiger partial charge in [-0.15, -0.1) is 6.58 Å². The SMILES string of the molecule is C=CCC1(C(CC)CC)C(=O)NC(=S)N(C)C1=O. The molecule has 1 unspecified atom stereocenters. The first-order valence-corrected chi connectivity index (χ1v) is 6.60. The number of carbonyl (C=O) groups excluding carboxylic acids is 2. The average Bonchev–Trinajstić information content (AvgIpc) is 2.35. The van der Waals surface area contributed by atoms with Crippen molar-refractivity contribution in [3.63, 3.8) is 0 Å². The van der Waals surface area contributed by atoms with E-state index in [0.29, 0.717) is 6.42 Å². The predicted molar refractivity (Wildman–Crippen MR) is 74.8 cm³/mol. The Morgan fingerprint density at radius 2 is 2.00 bits per heavy atom. The zero-order valence-corrected chi connectivity index (χ0v) is 12.0. The van der Waals surface area contributed by atoms with Gasteiger partial charge in [-0.25, -0.2) is 0 Å². The molecule has 0 aromatic carbocycles. The van der Waals surface area contributed by atoms with Crippen molar-refractivity contribution >= 4 is 29.1 Å². The molecule has 0 bridgehead atoms. The lowest BCUT2D eigenvalue weighted by atomic mass is 9.68. The minimum atomic E-state index is -1.05. The molecule has 1 N–H and O–H groups in total. The first kappa shape index (κ1) is 14.8. The molecule has 18 heavy (non-hydrogen) atoms. The van der Waals surface area contributed by atoms with E-state index < -0.39 is 5.41 Å². The number of nitrogens with zero attached hydrogens (tertiary/aromatic N) is 1. The smallest absolute Gasteiger partial charge is 0.244 e. The van der Waals surface area contributed by atoms with Gasteiger partial charge >= 0.3 is 0 Å². The maximum Gasteiger partial charge on any atom is 0.244 e. The molecule has 4 nitrogen and oxygen atoms in total. The summed E-state index contributed by atoms with van der Waals surface area (Å²) in [7, 11) is 1.60. The average molecular weight is 268 g/mol. The number of hydrogen-bond donors (Lipinski definition) is 1. The highest BCUT2D eigenvalue weighted by atomic mass is 32.1. The van der Waals surface area contributed by atoms with E-state index in [4.69, 9.17) is 12.2 Å².